The van der Waals surface area contributed by atoms with Crippen molar-refractivity contribution < 1.29 is 18.4 Å². The summed E-state index contributed by atoms with van der Waals surface area (Å²) in [5.41, 5.74) is 0.889. The van der Waals surface area contributed by atoms with E-state index in [9.17, 15) is 9.18 Å². The predicted octanol–water partition coefficient (Wildman–Crippen LogP) is 2.71. The minimum Gasteiger partial charge on any atom is -0.479 e. The zero-order valence-corrected chi connectivity index (χ0v) is 12.6. The van der Waals surface area contributed by atoms with Crippen LogP contribution in [-0.2, 0) is 17.8 Å². The van der Waals surface area contributed by atoms with Gasteiger partial charge in [-0.25, -0.2) is 4.39 Å². The number of aromatic nitrogens is 1. The third-order valence-corrected chi connectivity index (χ3v) is 3.21. The number of hydrogen-bond donors (Lipinski definition) is 1. The van der Waals surface area contributed by atoms with Gasteiger partial charge in [0.15, 0.2) is 5.76 Å². The second-order valence-corrected chi connectivity index (χ2v) is 5.26. The van der Waals surface area contributed by atoms with E-state index in [-0.39, 0.29) is 24.2 Å². The van der Waals surface area contributed by atoms with Crippen LogP contribution in [0, 0.1) is 11.7 Å². The molecule has 1 heterocycles. The van der Waals surface area contributed by atoms with Crippen molar-refractivity contribution in [3.05, 3.63) is 47.5 Å². The Hall–Kier alpha value is -2.37. The molecule has 1 atom stereocenters. The summed E-state index contributed by atoms with van der Waals surface area (Å²) in [6.45, 7) is 2.23. The Balaban J connectivity index is 1.76. The van der Waals surface area contributed by atoms with Crippen molar-refractivity contribution in [2.75, 3.05) is 7.11 Å². The summed E-state index contributed by atoms with van der Waals surface area (Å²) < 4.78 is 23.0. The van der Waals surface area contributed by atoms with Gasteiger partial charge in [0.2, 0.25) is 5.91 Å². The molecule has 2 rings (SSSR count). The number of methoxy groups -OCH3 is 1. The van der Waals surface area contributed by atoms with E-state index in [0.717, 1.165) is 5.56 Å². The molecule has 0 spiro atoms. The van der Waals surface area contributed by atoms with E-state index in [1.54, 1.807) is 12.1 Å². The van der Waals surface area contributed by atoms with Crippen LogP contribution in [0.25, 0.3) is 0 Å². The Bertz CT molecular complexity index is 627. The molecular weight excluding hydrogens is 287 g/mol. The fourth-order valence-electron chi connectivity index (χ4n) is 2.19. The molecule has 1 aromatic heterocycles. The van der Waals surface area contributed by atoms with Crippen molar-refractivity contribution in [2.24, 2.45) is 5.92 Å². The van der Waals surface area contributed by atoms with Crippen molar-refractivity contribution in [3.63, 3.8) is 0 Å². The second-order valence-electron chi connectivity index (χ2n) is 5.26. The highest BCUT2D eigenvalue weighted by atomic mass is 19.1. The lowest BCUT2D eigenvalue weighted by Gasteiger charge is -2.11. The molecule has 5 nitrogen and oxygen atoms in total. The van der Waals surface area contributed by atoms with E-state index in [4.69, 9.17) is 9.26 Å². The maximum atomic E-state index is 13.1. The van der Waals surface area contributed by atoms with Gasteiger partial charge in [0, 0.05) is 12.5 Å². The molecule has 6 heteroatoms. The fourth-order valence-corrected chi connectivity index (χ4v) is 2.19. The standard InChI is InChI=1S/C16H19FN2O3/c1-11(6-12-4-3-5-13(17)8-12)7-15(20)18-10-14-9-16(21-2)19-22-14/h3-5,8-9,11H,6-7,10H2,1-2H3,(H,18,20). The minimum absolute atomic E-state index is 0.0840. The predicted molar refractivity (Wildman–Crippen MR) is 78.8 cm³/mol. The van der Waals surface area contributed by atoms with E-state index >= 15 is 0 Å². The first-order valence-corrected chi connectivity index (χ1v) is 7.07. The minimum atomic E-state index is -0.256. The Kier molecular flexibility index (Phi) is 5.52. The Morgan fingerprint density at radius 2 is 2.27 bits per heavy atom. The van der Waals surface area contributed by atoms with Crippen LogP contribution in [0.3, 0.4) is 0 Å². The number of carbonyl (C=O) groups is 1. The van der Waals surface area contributed by atoms with E-state index in [2.05, 4.69) is 10.5 Å². The summed E-state index contributed by atoms with van der Waals surface area (Å²) in [6, 6.07) is 8.06. The van der Waals surface area contributed by atoms with Gasteiger partial charge in [-0.2, -0.15) is 0 Å². The van der Waals surface area contributed by atoms with Gasteiger partial charge in [0.05, 0.1) is 13.7 Å². The molecule has 1 N–H and O–H groups in total. The second kappa shape index (κ2) is 7.59. The fraction of sp³-hybridized carbons (Fsp3) is 0.375. The van der Waals surface area contributed by atoms with Crippen molar-refractivity contribution >= 4 is 5.91 Å². The molecule has 2 aromatic rings. The van der Waals surface area contributed by atoms with Crippen molar-refractivity contribution in [3.8, 4) is 5.88 Å². The molecule has 0 saturated carbocycles. The SMILES string of the molecule is COc1cc(CNC(=O)CC(C)Cc2cccc(F)c2)on1. The average Bonchev–Trinajstić information content (AvgIpc) is 2.93. The summed E-state index contributed by atoms with van der Waals surface area (Å²) in [5.74, 6) is 0.686. The third-order valence-electron chi connectivity index (χ3n) is 3.21. The molecule has 0 saturated heterocycles. The lowest BCUT2D eigenvalue weighted by molar-refractivity contribution is -0.122. The smallest absolute Gasteiger partial charge is 0.254 e. The Morgan fingerprint density at radius 1 is 1.45 bits per heavy atom. The normalized spacial score (nSPS) is 12.0. The van der Waals surface area contributed by atoms with Crippen LogP contribution in [0.4, 0.5) is 4.39 Å². The van der Waals surface area contributed by atoms with Gasteiger partial charge in [-0.3, -0.25) is 4.79 Å². The maximum Gasteiger partial charge on any atom is 0.254 e. The molecule has 0 bridgehead atoms. The number of ether oxygens (including phenoxy) is 1. The summed E-state index contributed by atoms with van der Waals surface area (Å²) in [4.78, 5) is 11.9. The first-order chi connectivity index (χ1) is 10.6. The number of halogens is 1. The lowest BCUT2D eigenvalue weighted by Crippen LogP contribution is -2.24. The van der Waals surface area contributed by atoms with Crippen LogP contribution in [0.15, 0.2) is 34.9 Å². The van der Waals surface area contributed by atoms with Gasteiger partial charge >= 0.3 is 0 Å². The highest BCUT2D eigenvalue weighted by Crippen LogP contribution is 2.14. The lowest BCUT2D eigenvalue weighted by atomic mass is 9.98. The van der Waals surface area contributed by atoms with Gasteiger partial charge in [0.25, 0.3) is 5.88 Å². The first-order valence-electron chi connectivity index (χ1n) is 7.07. The van der Waals surface area contributed by atoms with E-state index in [1.807, 2.05) is 13.0 Å². The molecule has 1 unspecified atom stereocenters. The molecular formula is C16H19FN2O3. The first kappa shape index (κ1) is 16.0. The number of nitrogens with one attached hydrogen (secondary N) is 1. The van der Waals surface area contributed by atoms with Crippen LogP contribution in [0.5, 0.6) is 5.88 Å². The monoisotopic (exact) mass is 306 g/mol. The molecule has 0 aliphatic heterocycles. The van der Waals surface area contributed by atoms with Crippen molar-refractivity contribution in [1.82, 2.24) is 10.5 Å². The highest BCUT2D eigenvalue weighted by molar-refractivity contribution is 5.76. The van der Waals surface area contributed by atoms with Gasteiger partial charge in [-0.1, -0.05) is 19.1 Å². The van der Waals surface area contributed by atoms with Crippen LogP contribution >= 0.6 is 0 Å². The quantitative estimate of drug-likeness (QED) is 0.854. The van der Waals surface area contributed by atoms with Gasteiger partial charge < -0.3 is 14.6 Å². The van der Waals surface area contributed by atoms with Crippen LogP contribution in [-0.4, -0.2) is 18.2 Å². The molecule has 118 valence electrons. The summed E-state index contributed by atoms with van der Waals surface area (Å²) >= 11 is 0. The number of hydrogen-bond acceptors (Lipinski definition) is 4. The highest BCUT2D eigenvalue weighted by Gasteiger charge is 2.11. The maximum absolute atomic E-state index is 13.1. The van der Waals surface area contributed by atoms with E-state index in [0.29, 0.717) is 24.5 Å². The van der Waals surface area contributed by atoms with Crippen molar-refractivity contribution in [2.45, 2.75) is 26.3 Å². The molecule has 0 aliphatic carbocycles. The van der Waals surface area contributed by atoms with Crippen LogP contribution in [0.2, 0.25) is 0 Å². The van der Waals surface area contributed by atoms with Crippen LogP contribution < -0.4 is 10.1 Å². The van der Waals surface area contributed by atoms with E-state index < -0.39 is 0 Å². The molecule has 1 amide bonds. The number of carbonyl (C=O) groups excluding carboxylic acids is 1. The summed E-state index contributed by atoms with van der Waals surface area (Å²) in [6.07, 6.45) is 1.02. The van der Waals surface area contributed by atoms with Gasteiger partial charge in [-0.15, -0.1) is 0 Å². The zero-order valence-electron chi connectivity index (χ0n) is 12.6. The Labute approximate surface area is 128 Å². The largest absolute Gasteiger partial charge is 0.479 e. The van der Waals surface area contributed by atoms with Crippen molar-refractivity contribution in [1.29, 1.82) is 0 Å². The van der Waals surface area contributed by atoms with Crippen LogP contribution in [0.1, 0.15) is 24.7 Å². The van der Waals surface area contributed by atoms with E-state index in [1.165, 1.54) is 19.2 Å². The molecule has 0 aliphatic rings. The van der Waals surface area contributed by atoms with Gasteiger partial charge in [-0.05, 0) is 35.2 Å². The number of rotatable bonds is 7. The summed E-state index contributed by atoms with van der Waals surface area (Å²) in [7, 11) is 1.49. The number of amides is 1. The third kappa shape index (κ3) is 4.87. The molecule has 0 fully saturated rings. The number of nitrogens with zero attached hydrogens (tertiary/aromatic N) is 1. The Morgan fingerprint density at radius 3 is 2.95 bits per heavy atom. The average molecular weight is 306 g/mol. The topological polar surface area (TPSA) is 64.4 Å². The number of benzene rings is 1. The summed E-state index contributed by atoms with van der Waals surface area (Å²) in [5, 5.41) is 6.42. The molecule has 1 aromatic carbocycles. The van der Waals surface area contributed by atoms with Gasteiger partial charge in [0.1, 0.15) is 5.82 Å². The molecule has 0 radical (unpaired) electrons. The molecule has 22 heavy (non-hydrogen) atoms. The zero-order chi connectivity index (χ0) is 15.9.